The highest BCUT2D eigenvalue weighted by molar-refractivity contribution is 7.89. The van der Waals surface area contributed by atoms with Crippen LogP contribution in [0.4, 0.5) is 5.69 Å². The summed E-state index contributed by atoms with van der Waals surface area (Å²) in [5.74, 6) is 0. The zero-order valence-electron chi connectivity index (χ0n) is 12.7. The molecule has 0 atom stereocenters. The molecule has 0 heterocycles. The number of benzene rings is 1. The Balaban J connectivity index is 2.12. The van der Waals surface area contributed by atoms with Gasteiger partial charge in [0.05, 0.1) is 11.3 Å². The van der Waals surface area contributed by atoms with Gasteiger partial charge >= 0.3 is 0 Å². The number of ether oxygens (including phenoxy) is 1. The van der Waals surface area contributed by atoms with Crippen molar-refractivity contribution in [3.63, 3.8) is 0 Å². The van der Waals surface area contributed by atoms with Gasteiger partial charge < -0.3 is 10.1 Å². The molecule has 0 bridgehead atoms. The van der Waals surface area contributed by atoms with Gasteiger partial charge in [-0.1, -0.05) is 19.1 Å². The quantitative estimate of drug-likeness (QED) is 0.773. The molecule has 0 aromatic heterocycles. The van der Waals surface area contributed by atoms with Gasteiger partial charge in [-0.2, -0.15) is 0 Å². The van der Waals surface area contributed by atoms with Crippen LogP contribution in [0.25, 0.3) is 0 Å². The van der Waals surface area contributed by atoms with Crippen molar-refractivity contribution in [2.75, 3.05) is 25.5 Å². The first-order chi connectivity index (χ1) is 10.0. The normalized spacial score (nSPS) is 17.2. The SMILES string of the molecule is CCCNc1ccccc1S(=O)(=O)NCC1(OC)CCC1. The summed E-state index contributed by atoms with van der Waals surface area (Å²) in [6.45, 7) is 3.11. The van der Waals surface area contributed by atoms with Gasteiger partial charge in [0.1, 0.15) is 4.90 Å². The van der Waals surface area contributed by atoms with Crippen molar-refractivity contribution in [3.8, 4) is 0 Å². The first kappa shape index (κ1) is 16.3. The van der Waals surface area contributed by atoms with E-state index in [0.29, 0.717) is 17.1 Å². The molecule has 0 amide bonds. The number of rotatable bonds is 8. The fraction of sp³-hybridized carbons (Fsp3) is 0.600. The largest absolute Gasteiger partial charge is 0.384 e. The first-order valence-corrected chi connectivity index (χ1v) is 8.89. The molecule has 118 valence electrons. The molecule has 5 nitrogen and oxygen atoms in total. The van der Waals surface area contributed by atoms with Crippen LogP contribution in [0.2, 0.25) is 0 Å². The fourth-order valence-electron chi connectivity index (χ4n) is 2.44. The van der Waals surface area contributed by atoms with Crippen LogP contribution in [-0.4, -0.2) is 34.2 Å². The Morgan fingerprint density at radius 1 is 1.29 bits per heavy atom. The van der Waals surface area contributed by atoms with Crippen LogP contribution < -0.4 is 10.0 Å². The van der Waals surface area contributed by atoms with Gasteiger partial charge in [-0.3, -0.25) is 0 Å². The highest BCUT2D eigenvalue weighted by atomic mass is 32.2. The molecule has 2 rings (SSSR count). The van der Waals surface area contributed by atoms with E-state index in [1.165, 1.54) is 0 Å². The maximum absolute atomic E-state index is 12.5. The second-order valence-corrected chi connectivity index (χ2v) is 7.22. The summed E-state index contributed by atoms with van der Waals surface area (Å²) in [6.07, 6.45) is 3.84. The molecule has 1 saturated carbocycles. The third-order valence-corrected chi connectivity index (χ3v) is 5.48. The number of sulfonamides is 1. The molecular weight excluding hydrogens is 288 g/mol. The fourth-order valence-corrected chi connectivity index (χ4v) is 3.73. The molecule has 0 aliphatic heterocycles. The van der Waals surface area contributed by atoms with E-state index in [0.717, 1.165) is 32.2 Å². The third-order valence-electron chi connectivity index (χ3n) is 4.02. The number of hydrogen-bond donors (Lipinski definition) is 2. The van der Waals surface area contributed by atoms with Crippen LogP contribution >= 0.6 is 0 Å². The zero-order valence-corrected chi connectivity index (χ0v) is 13.5. The van der Waals surface area contributed by atoms with E-state index in [1.807, 2.05) is 13.0 Å². The van der Waals surface area contributed by atoms with E-state index in [-0.39, 0.29) is 5.60 Å². The topological polar surface area (TPSA) is 67.4 Å². The second kappa shape index (κ2) is 6.77. The van der Waals surface area contributed by atoms with Crippen molar-refractivity contribution < 1.29 is 13.2 Å². The second-order valence-electron chi connectivity index (χ2n) is 5.49. The number of anilines is 1. The molecule has 2 N–H and O–H groups in total. The average Bonchev–Trinajstić information content (AvgIpc) is 2.44. The molecule has 0 spiro atoms. The lowest BCUT2D eigenvalue weighted by Crippen LogP contribution is -2.49. The monoisotopic (exact) mass is 312 g/mol. The minimum absolute atomic E-state index is 0.295. The van der Waals surface area contributed by atoms with Crippen LogP contribution in [0.3, 0.4) is 0 Å². The Kier molecular flexibility index (Phi) is 5.24. The molecule has 1 fully saturated rings. The summed E-state index contributed by atoms with van der Waals surface area (Å²) in [5.41, 5.74) is 0.325. The Hall–Kier alpha value is -1.11. The molecule has 21 heavy (non-hydrogen) atoms. The predicted octanol–water partition coefficient (Wildman–Crippen LogP) is 2.36. The average molecular weight is 312 g/mol. The smallest absolute Gasteiger partial charge is 0.242 e. The Morgan fingerprint density at radius 3 is 2.57 bits per heavy atom. The van der Waals surface area contributed by atoms with E-state index < -0.39 is 10.0 Å². The van der Waals surface area contributed by atoms with Crippen molar-refractivity contribution in [2.24, 2.45) is 0 Å². The Labute approximate surface area is 127 Å². The third kappa shape index (κ3) is 3.75. The zero-order chi connectivity index (χ0) is 15.3. The lowest BCUT2D eigenvalue weighted by atomic mass is 9.80. The van der Waals surface area contributed by atoms with Crippen molar-refractivity contribution >= 4 is 15.7 Å². The van der Waals surface area contributed by atoms with Gasteiger partial charge in [-0.15, -0.1) is 0 Å². The number of methoxy groups -OCH3 is 1. The molecular formula is C15H24N2O3S. The molecule has 0 saturated heterocycles. The predicted molar refractivity (Wildman–Crippen MR) is 84.0 cm³/mol. The van der Waals surface area contributed by atoms with Crippen LogP contribution in [0.15, 0.2) is 29.2 Å². The summed E-state index contributed by atoms with van der Waals surface area (Å²) >= 11 is 0. The summed E-state index contributed by atoms with van der Waals surface area (Å²) in [7, 11) is -1.89. The summed E-state index contributed by atoms with van der Waals surface area (Å²) < 4.78 is 33.2. The van der Waals surface area contributed by atoms with Crippen molar-refractivity contribution in [2.45, 2.75) is 43.1 Å². The molecule has 1 aromatic carbocycles. The number of nitrogens with one attached hydrogen (secondary N) is 2. The van der Waals surface area contributed by atoms with Crippen molar-refractivity contribution in [1.82, 2.24) is 4.72 Å². The summed E-state index contributed by atoms with van der Waals surface area (Å²) in [4.78, 5) is 0.295. The van der Waals surface area contributed by atoms with Gasteiger partial charge in [-0.25, -0.2) is 13.1 Å². The molecule has 6 heteroatoms. The maximum atomic E-state index is 12.5. The van der Waals surface area contributed by atoms with Crippen LogP contribution in [0.5, 0.6) is 0 Å². The van der Waals surface area contributed by atoms with Crippen LogP contribution in [0, 0.1) is 0 Å². The molecule has 0 radical (unpaired) electrons. The van der Waals surface area contributed by atoms with E-state index in [9.17, 15) is 8.42 Å². The standard InChI is InChI=1S/C15H24N2O3S/c1-3-11-16-13-7-4-5-8-14(13)21(18,19)17-12-15(20-2)9-6-10-15/h4-5,7-8,16-17H,3,6,9-12H2,1-2H3. The van der Waals surface area contributed by atoms with Crippen molar-refractivity contribution in [3.05, 3.63) is 24.3 Å². The van der Waals surface area contributed by atoms with Gasteiger partial charge in [0, 0.05) is 20.2 Å². The highest BCUT2D eigenvalue weighted by Crippen LogP contribution is 2.34. The van der Waals surface area contributed by atoms with Crippen LogP contribution in [0.1, 0.15) is 32.6 Å². The summed E-state index contributed by atoms with van der Waals surface area (Å²) in [6, 6.07) is 6.99. The minimum Gasteiger partial charge on any atom is -0.384 e. The lowest BCUT2D eigenvalue weighted by Gasteiger charge is -2.40. The molecule has 1 aromatic rings. The molecule has 0 unspecified atom stereocenters. The van der Waals surface area contributed by atoms with E-state index in [1.54, 1.807) is 25.3 Å². The highest BCUT2D eigenvalue weighted by Gasteiger charge is 2.38. The number of para-hydroxylation sites is 1. The van der Waals surface area contributed by atoms with Gasteiger partial charge in [0.25, 0.3) is 0 Å². The van der Waals surface area contributed by atoms with Crippen molar-refractivity contribution in [1.29, 1.82) is 0 Å². The van der Waals surface area contributed by atoms with Crippen LogP contribution in [-0.2, 0) is 14.8 Å². The van der Waals surface area contributed by atoms with E-state index >= 15 is 0 Å². The minimum atomic E-state index is -3.53. The Bertz CT molecular complexity index is 563. The van der Waals surface area contributed by atoms with E-state index in [4.69, 9.17) is 4.74 Å². The molecule has 1 aliphatic carbocycles. The number of hydrogen-bond acceptors (Lipinski definition) is 4. The van der Waals surface area contributed by atoms with E-state index in [2.05, 4.69) is 10.0 Å². The summed E-state index contributed by atoms with van der Waals surface area (Å²) in [5, 5.41) is 3.16. The van der Waals surface area contributed by atoms with Gasteiger partial charge in [-0.05, 0) is 37.8 Å². The molecule has 1 aliphatic rings. The van der Waals surface area contributed by atoms with Gasteiger partial charge in [0.15, 0.2) is 0 Å². The first-order valence-electron chi connectivity index (χ1n) is 7.41. The lowest BCUT2D eigenvalue weighted by molar-refractivity contribution is -0.0659. The maximum Gasteiger partial charge on any atom is 0.242 e. The Morgan fingerprint density at radius 2 is 2.00 bits per heavy atom. The van der Waals surface area contributed by atoms with Gasteiger partial charge in [0.2, 0.25) is 10.0 Å².